The molecule has 14 heavy (non-hydrogen) atoms. The first-order valence-electron chi connectivity index (χ1n) is 4.23. The van der Waals surface area contributed by atoms with Gasteiger partial charge in [0.25, 0.3) is 0 Å². The first kappa shape index (κ1) is 9.21. The standard InChI is InChI=1S/C9H10N2O2S/c1-9(8(12)13)5-6(10-11-9)7-3-2-4-14-7/h2-4,11H,5H2,1H3,(H,12,13). The maximum atomic E-state index is 10.9. The summed E-state index contributed by atoms with van der Waals surface area (Å²) in [6.07, 6.45) is 0.433. The normalized spacial score (nSPS) is 25.6. The molecule has 0 aromatic carbocycles. The minimum Gasteiger partial charge on any atom is -0.479 e. The van der Waals surface area contributed by atoms with Crippen LogP contribution in [0.5, 0.6) is 0 Å². The summed E-state index contributed by atoms with van der Waals surface area (Å²) in [7, 11) is 0. The number of carboxylic acids is 1. The fraction of sp³-hybridized carbons (Fsp3) is 0.333. The van der Waals surface area contributed by atoms with Crippen LogP contribution in [-0.4, -0.2) is 22.3 Å². The molecule has 2 rings (SSSR count). The number of rotatable bonds is 2. The molecule has 0 fully saturated rings. The quantitative estimate of drug-likeness (QED) is 0.773. The minimum atomic E-state index is -0.945. The molecular formula is C9H10N2O2S. The Kier molecular flexibility index (Phi) is 2.03. The third-order valence-corrected chi connectivity index (χ3v) is 3.16. The number of nitrogens with zero attached hydrogens (tertiary/aromatic N) is 1. The molecule has 1 aromatic heterocycles. The summed E-state index contributed by atoms with van der Waals surface area (Å²) in [5.74, 6) is -0.868. The number of hydrogen-bond acceptors (Lipinski definition) is 4. The Bertz CT molecular complexity index is 386. The van der Waals surface area contributed by atoms with Gasteiger partial charge in [0.2, 0.25) is 0 Å². The molecule has 4 nitrogen and oxygen atoms in total. The van der Waals surface area contributed by atoms with Crippen LogP contribution in [0.25, 0.3) is 0 Å². The first-order chi connectivity index (χ1) is 6.62. The number of nitrogens with one attached hydrogen (secondary N) is 1. The highest BCUT2D eigenvalue weighted by Crippen LogP contribution is 2.23. The van der Waals surface area contributed by atoms with Crippen molar-refractivity contribution in [2.24, 2.45) is 5.10 Å². The summed E-state index contributed by atoms with van der Waals surface area (Å²) >= 11 is 1.57. The van der Waals surface area contributed by atoms with E-state index < -0.39 is 11.5 Å². The number of hydrazone groups is 1. The van der Waals surface area contributed by atoms with Crippen molar-refractivity contribution >= 4 is 23.0 Å². The lowest BCUT2D eigenvalue weighted by atomic mass is 9.97. The van der Waals surface area contributed by atoms with Crippen LogP contribution in [0, 0.1) is 0 Å². The zero-order valence-corrected chi connectivity index (χ0v) is 8.47. The van der Waals surface area contributed by atoms with Crippen LogP contribution in [-0.2, 0) is 4.79 Å². The Morgan fingerprint density at radius 3 is 3.07 bits per heavy atom. The predicted molar refractivity (Wildman–Crippen MR) is 54.6 cm³/mol. The maximum Gasteiger partial charge on any atom is 0.331 e. The van der Waals surface area contributed by atoms with E-state index >= 15 is 0 Å². The van der Waals surface area contributed by atoms with Gasteiger partial charge in [-0.1, -0.05) is 6.07 Å². The molecule has 0 spiro atoms. The van der Waals surface area contributed by atoms with Gasteiger partial charge in [0, 0.05) is 6.42 Å². The Labute approximate surface area is 85.3 Å². The molecule has 1 unspecified atom stereocenters. The number of thiophene rings is 1. The molecule has 2 N–H and O–H groups in total. The van der Waals surface area contributed by atoms with Crippen LogP contribution in [0.15, 0.2) is 22.6 Å². The van der Waals surface area contributed by atoms with Crippen molar-refractivity contribution in [3.05, 3.63) is 22.4 Å². The lowest BCUT2D eigenvalue weighted by molar-refractivity contribution is -0.143. The van der Waals surface area contributed by atoms with E-state index in [0.29, 0.717) is 6.42 Å². The molecule has 0 bridgehead atoms. The van der Waals surface area contributed by atoms with Crippen molar-refractivity contribution in [1.82, 2.24) is 5.43 Å². The largest absolute Gasteiger partial charge is 0.479 e. The van der Waals surface area contributed by atoms with Gasteiger partial charge in [-0.05, 0) is 18.4 Å². The predicted octanol–water partition coefficient (Wildman–Crippen LogP) is 1.29. The summed E-state index contributed by atoms with van der Waals surface area (Å²) in [6.45, 7) is 1.64. The summed E-state index contributed by atoms with van der Waals surface area (Å²) in [4.78, 5) is 11.9. The number of carboxylic acid groups (broad SMARTS) is 1. The molecule has 1 atom stereocenters. The molecule has 1 aliphatic heterocycles. The van der Waals surface area contributed by atoms with Crippen molar-refractivity contribution in [1.29, 1.82) is 0 Å². The molecule has 2 heterocycles. The molecule has 0 radical (unpaired) electrons. The van der Waals surface area contributed by atoms with Crippen LogP contribution >= 0.6 is 11.3 Å². The summed E-state index contributed by atoms with van der Waals surface area (Å²) in [5, 5.41) is 15.0. The van der Waals surface area contributed by atoms with E-state index in [0.717, 1.165) is 10.6 Å². The van der Waals surface area contributed by atoms with Gasteiger partial charge in [-0.25, -0.2) is 4.79 Å². The fourth-order valence-electron chi connectivity index (χ4n) is 1.31. The molecule has 0 amide bonds. The average Bonchev–Trinajstić information content (AvgIpc) is 2.72. The van der Waals surface area contributed by atoms with Crippen LogP contribution < -0.4 is 5.43 Å². The average molecular weight is 210 g/mol. The van der Waals surface area contributed by atoms with Crippen LogP contribution in [0.4, 0.5) is 0 Å². The lowest BCUT2D eigenvalue weighted by Crippen LogP contribution is -2.43. The Morgan fingerprint density at radius 1 is 1.79 bits per heavy atom. The summed E-state index contributed by atoms with van der Waals surface area (Å²) in [5.41, 5.74) is 2.54. The molecule has 0 saturated carbocycles. The van der Waals surface area contributed by atoms with Gasteiger partial charge in [-0.15, -0.1) is 11.3 Å². The van der Waals surface area contributed by atoms with E-state index in [1.165, 1.54) is 0 Å². The SMILES string of the molecule is CC1(C(=O)O)CC(c2cccs2)=NN1. The smallest absolute Gasteiger partial charge is 0.331 e. The van der Waals surface area contributed by atoms with Crippen LogP contribution in [0.1, 0.15) is 18.2 Å². The zero-order valence-electron chi connectivity index (χ0n) is 7.65. The Morgan fingerprint density at radius 2 is 2.57 bits per heavy atom. The van der Waals surface area contributed by atoms with E-state index in [1.54, 1.807) is 18.3 Å². The lowest BCUT2D eigenvalue weighted by Gasteiger charge is -2.16. The highest BCUT2D eigenvalue weighted by atomic mass is 32.1. The van der Waals surface area contributed by atoms with Crippen molar-refractivity contribution < 1.29 is 9.90 Å². The molecular weight excluding hydrogens is 200 g/mol. The highest BCUT2D eigenvalue weighted by molar-refractivity contribution is 7.12. The second kappa shape index (κ2) is 3.09. The molecule has 74 valence electrons. The summed E-state index contributed by atoms with van der Waals surface area (Å²) in [6, 6.07) is 3.87. The van der Waals surface area contributed by atoms with Gasteiger partial charge in [-0.2, -0.15) is 5.10 Å². The second-order valence-corrected chi connectivity index (χ2v) is 4.41. The van der Waals surface area contributed by atoms with Crippen molar-refractivity contribution in [3.63, 3.8) is 0 Å². The monoisotopic (exact) mass is 210 g/mol. The van der Waals surface area contributed by atoms with Gasteiger partial charge < -0.3 is 5.11 Å². The molecule has 0 aliphatic carbocycles. The van der Waals surface area contributed by atoms with Crippen molar-refractivity contribution in [2.45, 2.75) is 18.9 Å². The third kappa shape index (κ3) is 1.39. The van der Waals surface area contributed by atoms with Crippen LogP contribution in [0.3, 0.4) is 0 Å². The third-order valence-electron chi connectivity index (χ3n) is 2.24. The second-order valence-electron chi connectivity index (χ2n) is 3.46. The van der Waals surface area contributed by atoms with E-state index in [9.17, 15) is 4.79 Å². The van der Waals surface area contributed by atoms with Gasteiger partial charge in [-0.3, -0.25) is 5.43 Å². The number of hydrogen-bond donors (Lipinski definition) is 2. The van der Waals surface area contributed by atoms with Crippen molar-refractivity contribution in [3.8, 4) is 0 Å². The van der Waals surface area contributed by atoms with Gasteiger partial charge in [0.15, 0.2) is 5.54 Å². The molecule has 1 aliphatic rings. The van der Waals surface area contributed by atoms with Crippen molar-refractivity contribution in [2.75, 3.05) is 0 Å². The fourth-order valence-corrected chi connectivity index (χ4v) is 2.03. The van der Waals surface area contributed by atoms with Gasteiger partial charge in [0.1, 0.15) is 0 Å². The van der Waals surface area contributed by atoms with Gasteiger partial charge >= 0.3 is 5.97 Å². The minimum absolute atomic E-state index is 0.433. The van der Waals surface area contributed by atoms with Gasteiger partial charge in [0.05, 0.1) is 10.6 Å². The van der Waals surface area contributed by atoms with Crippen LogP contribution in [0.2, 0.25) is 0 Å². The maximum absolute atomic E-state index is 10.9. The topological polar surface area (TPSA) is 61.7 Å². The molecule has 5 heteroatoms. The zero-order chi connectivity index (χ0) is 10.2. The Hall–Kier alpha value is -1.36. The molecule has 0 saturated heterocycles. The van der Waals surface area contributed by atoms with E-state index in [-0.39, 0.29) is 0 Å². The van der Waals surface area contributed by atoms with E-state index in [2.05, 4.69) is 10.5 Å². The molecule has 1 aromatic rings. The highest BCUT2D eigenvalue weighted by Gasteiger charge is 2.39. The summed E-state index contributed by atoms with van der Waals surface area (Å²) < 4.78 is 0. The Balaban J connectivity index is 2.19. The van der Waals surface area contributed by atoms with E-state index in [1.807, 2.05) is 17.5 Å². The van der Waals surface area contributed by atoms with E-state index in [4.69, 9.17) is 5.11 Å². The number of aliphatic carboxylic acids is 1. The first-order valence-corrected chi connectivity index (χ1v) is 5.11. The number of carbonyl (C=O) groups is 1.